The van der Waals surface area contributed by atoms with Gasteiger partial charge < -0.3 is 14.6 Å². The fraction of sp³-hybridized carbons (Fsp3) is 0.250. The number of benzene rings is 1. The fourth-order valence-corrected chi connectivity index (χ4v) is 3.97. The van der Waals surface area contributed by atoms with Gasteiger partial charge in [-0.05, 0) is 42.6 Å². The smallest absolute Gasteiger partial charge is 0.252 e. The number of allylic oxidation sites excluding steroid dienone is 1. The van der Waals surface area contributed by atoms with Crippen LogP contribution in [0.25, 0.3) is 22.1 Å². The van der Waals surface area contributed by atoms with E-state index in [1.54, 1.807) is 24.7 Å². The van der Waals surface area contributed by atoms with Gasteiger partial charge in [-0.15, -0.1) is 0 Å². The molecule has 1 amide bonds. The Labute approximate surface area is 180 Å². The second kappa shape index (κ2) is 8.28. The number of hydrogen-bond acceptors (Lipinski definition) is 6. The Bertz CT molecular complexity index is 1210. The number of aromatic nitrogens is 2. The number of nitrogens with one attached hydrogen (secondary N) is 1. The summed E-state index contributed by atoms with van der Waals surface area (Å²) in [5.41, 5.74) is 2.96. The largest absolute Gasteiger partial charge is 0.444 e. The van der Waals surface area contributed by atoms with Gasteiger partial charge in [0.25, 0.3) is 5.91 Å². The number of hydrogen-bond donors (Lipinski definition) is 1. The van der Waals surface area contributed by atoms with Crippen molar-refractivity contribution < 1.29 is 9.21 Å². The molecule has 2 aliphatic rings. The highest BCUT2D eigenvalue weighted by Crippen LogP contribution is 2.27. The Hall–Kier alpha value is -3.58. The minimum atomic E-state index is -0.136. The molecule has 156 valence electrons. The monoisotopic (exact) mass is 413 g/mol. The third kappa shape index (κ3) is 4.18. The van der Waals surface area contributed by atoms with Crippen molar-refractivity contribution in [2.24, 2.45) is 4.99 Å². The molecule has 31 heavy (non-hydrogen) atoms. The summed E-state index contributed by atoms with van der Waals surface area (Å²) in [5, 5.41) is 4.90. The van der Waals surface area contributed by atoms with Crippen molar-refractivity contribution in [1.29, 1.82) is 0 Å². The zero-order chi connectivity index (χ0) is 21.2. The molecule has 4 heterocycles. The Morgan fingerprint density at radius 3 is 2.97 bits per heavy atom. The molecule has 0 spiro atoms. The minimum absolute atomic E-state index is 0.0495. The van der Waals surface area contributed by atoms with Crippen molar-refractivity contribution in [3.63, 3.8) is 0 Å². The molecule has 2 aromatic heterocycles. The van der Waals surface area contributed by atoms with Crippen LogP contribution in [0.4, 0.5) is 5.82 Å². The SMILES string of the molecule is CN1CC=C(C2CC(C(=O)Nc3cc4cc(-c5cnco5)ccc4cn3)=CC=N2)CC1. The van der Waals surface area contributed by atoms with Gasteiger partial charge >= 0.3 is 0 Å². The summed E-state index contributed by atoms with van der Waals surface area (Å²) >= 11 is 0. The van der Waals surface area contributed by atoms with E-state index in [4.69, 9.17) is 4.42 Å². The normalized spacial score (nSPS) is 19.2. The number of carbonyl (C=O) groups is 1. The summed E-state index contributed by atoms with van der Waals surface area (Å²) in [5.74, 6) is 1.08. The van der Waals surface area contributed by atoms with E-state index in [0.717, 1.165) is 41.4 Å². The average Bonchev–Trinajstić information content (AvgIpc) is 3.34. The Kier molecular flexibility index (Phi) is 5.18. The summed E-state index contributed by atoms with van der Waals surface area (Å²) in [6.45, 7) is 1.96. The van der Waals surface area contributed by atoms with E-state index in [-0.39, 0.29) is 11.9 Å². The van der Waals surface area contributed by atoms with Crippen LogP contribution in [0.2, 0.25) is 0 Å². The summed E-state index contributed by atoms with van der Waals surface area (Å²) in [6.07, 6.45) is 12.2. The first-order valence-corrected chi connectivity index (χ1v) is 10.4. The molecule has 1 unspecified atom stereocenters. The molecule has 5 rings (SSSR count). The van der Waals surface area contributed by atoms with Gasteiger partial charge in [-0.3, -0.25) is 9.79 Å². The van der Waals surface area contributed by atoms with Crippen LogP contribution < -0.4 is 5.32 Å². The molecule has 7 nitrogen and oxygen atoms in total. The van der Waals surface area contributed by atoms with Crippen LogP contribution >= 0.6 is 0 Å². The lowest BCUT2D eigenvalue weighted by Crippen LogP contribution is -2.29. The Morgan fingerprint density at radius 1 is 1.23 bits per heavy atom. The summed E-state index contributed by atoms with van der Waals surface area (Å²) in [6, 6.07) is 7.87. The molecule has 3 aromatic rings. The number of likely N-dealkylation sites (N-methyl/N-ethyl adjacent to an activating group) is 1. The van der Waals surface area contributed by atoms with Crippen LogP contribution in [0.15, 0.2) is 75.8 Å². The number of oxazole rings is 1. The topological polar surface area (TPSA) is 83.6 Å². The zero-order valence-electron chi connectivity index (χ0n) is 17.3. The van der Waals surface area contributed by atoms with Crippen molar-refractivity contribution in [2.45, 2.75) is 18.9 Å². The molecule has 0 aliphatic carbocycles. The second-order valence-electron chi connectivity index (χ2n) is 7.95. The lowest BCUT2D eigenvalue weighted by Gasteiger charge is -2.27. The minimum Gasteiger partial charge on any atom is -0.444 e. The number of aliphatic imine (C=N–C) groups is 1. The summed E-state index contributed by atoms with van der Waals surface area (Å²) in [4.78, 5) is 28.2. The lowest BCUT2D eigenvalue weighted by molar-refractivity contribution is -0.113. The molecule has 2 aliphatic heterocycles. The number of pyridine rings is 1. The molecule has 1 N–H and O–H groups in total. The van der Waals surface area contributed by atoms with Gasteiger partial charge in [-0.2, -0.15) is 0 Å². The molecule has 0 saturated heterocycles. The van der Waals surface area contributed by atoms with Gasteiger partial charge in [0.05, 0.1) is 12.2 Å². The third-order valence-corrected chi connectivity index (χ3v) is 5.80. The molecule has 1 atom stereocenters. The predicted octanol–water partition coefficient (Wildman–Crippen LogP) is 3.86. The molecular formula is C24H23N5O2. The predicted molar refractivity (Wildman–Crippen MR) is 121 cm³/mol. The maximum absolute atomic E-state index is 12.9. The zero-order valence-corrected chi connectivity index (χ0v) is 17.3. The number of fused-ring (bicyclic) bond motifs is 1. The highest BCUT2D eigenvalue weighted by Gasteiger charge is 2.23. The van der Waals surface area contributed by atoms with Crippen LogP contribution in [0.3, 0.4) is 0 Å². The van der Waals surface area contributed by atoms with E-state index in [2.05, 4.69) is 38.3 Å². The van der Waals surface area contributed by atoms with Crippen LogP contribution in [0.5, 0.6) is 0 Å². The molecule has 0 saturated carbocycles. The Balaban J connectivity index is 1.31. The molecule has 1 aromatic carbocycles. The summed E-state index contributed by atoms with van der Waals surface area (Å²) in [7, 11) is 2.11. The van der Waals surface area contributed by atoms with Crippen LogP contribution in [-0.4, -0.2) is 53.2 Å². The van der Waals surface area contributed by atoms with Crippen LogP contribution in [-0.2, 0) is 4.79 Å². The van der Waals surface area contributed by atoms with Crippen molar-refractivity contribution in [3.05, 3.63) is 66.4 Å². The van der Waals surface area contributed by atoms with E-state index < -0.39 is 0 Å². The number of anilines is 1. The second-order valence-corrected chi connectivity index (χ2v) is 7.95. The first-order valence-electron chi connectivity index (χ1n) is 10.4. The van der Waals surface area contributed by atoms with Crippen molar-refractivity contribution >= 4 is 28.7 Å². The molecule has 7 heteroatoms. The molecule has 0 fully saturated rings. The van der Waals surface area contributed by atoms with Gasteiger partial charge in [-0.25, -0.2) is 9.97 Å². The standard InChI is InChI=1S/C24H23N5O2/c1-29-8-5-16(6-9-29)21-11-18(4-7-26-21)24(30)28-23-12-20-10-17(22-14-25-15-31-22)2-3-19(20)13-27-23/h2-5,7,10,12-15,21H,6,8-9,11H2,1H3,(H,27,28,30). The fourth-order valence-electron chi connectivity index (χ4n) is 3.97. The van der Waals surface area contributed by atoms with Gasteiger partial charge in [0.2, 0.25) is 0 Å². The highest BCUT2D eigenvalue weighted by molar-refractivity contribution is 6.06. The Morgan fingerprint density at radius 2 is 2.16 bits per heavy atom. The number of rotatable bonds is 4. The van der Waals surface area contributed by atoms with Crippen molar-refractivity contribution in [2.75, 3.05) is 25.5 Å². The van der Waals surface area contributed by atoms with E-state index in [1.807, 2.05) is 24.3 Å². The molecular weight excluding hydrogens is 390 g/mol. The first kappa shape index (κ1) is 19.4. The van der Waals surface area contributed by atoms with Crippen LogP contribution in [0, 0.1) is 0 Å². The van der Waals surface area contributed by atoms with E-state index in [9.17, 15) is 4.79 Å². The maximum atomic E-state index is 12.9. The van der Waals surface area contributed by atoms with Crippen molar-refractivity contribution in [1.82, 2.24) is 14.9 Å². The lowest BCUT2D eigenvalue weighted by atomic mass is 9.93. The van der Waals surface area contributed by atoms with Gasteiger partial charge in [0.15, 0.2) is 12.2 Å². The van der Waals surface area contributed by atoms with Gasteiger partial charge in [0, 0.05) is 48.4 Å². The number of dihydropyridines is 1. The third-order valence-electron chi connectivity index (χ3n) is 5.80. The van der Waals surface area contributed by atoms with Gasteiger partial charge in [0.1, 0.15) is 5.82 Å². The van der Waals surface area contributed by atoms with Crippen LogP contribution in [0.1, 0.15) is 12.8 Å². The number of nitrogens with zero attached hydrogens (tertiary/aromatic N) is 4. The highest BCUT2D eigenvalue weighted by atomic mass is 16.3. The number of carbonyl (C=O) groups excluding carboxylic acids is 1. The first-order chi connectivity index (χ1) is 15.2. The molecule has 0 radical (unpaired) electrons. The summed E-state index contributed by atoms with van der Waals surface area (Å²) < 4.78 is 5.38. The number of amides is 1. The van der Waals surface area contributed by atoms with E-state index in [0.29, 0.717) is 18.0 Å². The van der Waals surface area contributed by atoms with Gasteiger partial charge in [-0.1, -0.05) is 18.2 Å². The van der Waals surface area contributed by atoms with Crippen molar-refractivity contribution in [3.8, 4) is 11.3 Å². The van der Waals surface area contributed by atoms with E-state index in [1.165, 1.54) is 12.0 Å². The quantitative estimate of drug-likeness (QED) is 0.657. The molecule has 0 bridgehead atoms. The average molecular weight is 413 g/mol. The maximum Gasteiger partial charge on any atom is 0.252 e. The van der Waals surface area contributed by atoms with E-state index >= 15 is 0 Å².